The molecular weight excluding hydrogens is 404 g/mol. The first kappa shape index (κ1) is 23.1. The third kappa shape index (κ3) is 6.21. The molecule has 0 bridgehead atoms. The number of benzene rings is 1. The maximum atomic E-state index is 12.7. The number of nitrogens with zero attached hydrogens (tertiary/aromatic N) is 2. The number of urea groups is 1. The predicted molar refractivity (Wildman–Crippen MR) is 119 cm³/mol. The molecule has 1 atom stereocenters. The maximum Gasteiger partial charge on any atom is 0.324 e. The first-order chi connectivity index (χ1) is 14.5. The average molecular weight is 437 g/mol. The zero-order valence-electron chi connectivity index (χ0n) is 17.8. The molecule has 2 aliphatic rings. The average Bonchev–Trinajstić information content (AvgIpc) is 2.79. The number of carbonyl (C=O) groups is 1. The van der Waals surface area contributed by atoms with Crippen molar-refractivity contribution in [2.75, 3.05) is 58.6 Å². The molecular formula is C22H32N2O5S. The summed E-state index contributed by atoms with van der Waals surface area (Å²) in [4.78, 5) is 16.1. The highest BCUT2D eigenvalue weighted by Crippen LogP contribution is 2.25. The first-order valence-corrected chi connectivity index (χ1v) is 10.8. The van der Waals surface area contributed by atoms with Crippen LogP contribution in [0.4, 0.5) is 10.5 Å². The molecule has 0 aromatic heterocycles. The molecule has 0 aliphatic carbocycles. The summed E-state index contributed by atoms with van der Waals surface area (Å²) >= 11 is 4.31. The van der Waals surface area contributed by atoms with Crippen LogP contribution in [0, 0.1) is 0 Å². The van der Waals surface area contributed by atoms with Gasteiger partial charge in [0, 0.05) is 52.4 Å². The van der Waals surface area contributed by atoms with Crippen LogP contribution in [0.5, 0.6) is 0 Å². The number of thiol groups is 1. The van der Waals surface area contributed by atoms with Crippen molar-refractivity contribution < 1.29 is 23.7 Å². The van der Waals surface area contributed by atoms with Crippen LogP contribution in [-0.2, 0) is 25.6 Å². The molecule has 166 valence electrons. The summed E-state index contributed by atoms with van der Waals surface area (Å²) in [6.45, 7) is 4.06. The van der Waals surface area contributed by atoms with E-state index in [2.05, 4.69) is 18.7 Å². The van der Waals surface area contributed by atoms with Gasteiger partial charge in [-0.1, -0.05) is 24.3 Å². The van der Waals surface area contributed by atoms with Crippen molar-refractivity contribution in [3.63, 3.8) is 0 Å². The predicted octanol–water partition coefficient (Wildman–Crippen LogP) is 3.10. The smallest absolute Gasteiger partial charge is 0.324 e. The zero-order valence-corrected chi connectivity index (χ0v) is 18.7. The monoisotopic (exact) mass is 436 g/mol. The number of methoxy groups -OCH3 is 1. The summed E-state index contributed by atoms with van der Waals surface area (Å²) < 4.78 is 22.2. The van der Waals surface area contributed by atoms with Gasteiger partial charge in [0.25, 0.3) is 0 Å². The van der Waals surface area contributed by atoms with E-state index in [9.17, 15) is 4.79 Å². The van der Waals surface area contributed by atoms with Gasteiger partial charge in [-0.15, -0.1) is 12.6 Å². The van der Waals surface area contributed by atoms with Gasteiger partial charge in [-0.05, 0) is 17.7 Å². The molecule has 2 aliphatic heterocycles. The van der Waals surface area contributed by atoms with Gasteiger partial charge < -0.3 is 23.8 Å². The second-order valence-electron chi connectivity index (χ2n) is 7.58. The van der Waals surface area contributed by atoms with Gasteiger partial charge in [0.15, 0.2) is 0 Å². The highest BCUT2D eigenvalue weighted by Gasteiger charge is 2.29. The van der Waals surface area contributed by atoms with Crippen LogP contribution in [0.15, 0.2) is 36.4 Å². The fourth-order valence-electron chi connectivity index (χ4n) is 3.61. The Morgan fingerprint density at radius 2 is 2.03 bits per heavy atom. The lowest BCUT2D eigenvalue weighted by Gasteiger charge is -2.33. The van der Waals surface area contributed by atoms with Crippen LogP contribution in [0.1, 0.15) is 18.4 Å². The van der Waals surface area contributed by atoms with Crippen LogP contribution >= 0.6 is 12.6 Å². The lowest BCUT2D eigenvalue weighted by atomic mass is 9.93. The number of morpholine rings is 1. The lowest BCUT2D eigenvalue weighted by molar-refractivity contribution is -0.0589. The second-order valence-corrected chi connectivity index (χ2v) is 8.15. The van der Waals surface area contributed by atoms with Crippen molar-refractivity contribution in [1.82, 2.24) is 4.90 Å². The van der Waals surface area contributed by atoms with Crippen molar-refractivity contribution >= 4 is 24.3 Å². The standard InChI is InChI=1S/C22H32N2O5S/c1-23(21(25)24-11-15-29-20(30)16-24)19-6-4-18(5-7-19)17-28-12-3-8-22(26-2)9-13-27-14-10-22/h3-8,20,30H,9-17H2,1-2H3/b8-3+. The van der Waals surface area contributed by atoms with Gasteiger partial charge >= 0.3 is 6.03 Å². The van der Waals surface area contributed by atoms with Crippen molar-refractivity contribution in [2.24, 2.45) is 0 Å². The Kier molecular flexibility index (Phi) is 8.59. The van der Waals surface area contributed by atoms with E-state index in [-0.39, 0.29) is 17.1 Å². The molecule has 3 rings (SSSR count). The van der Waals surface area contributed by atoms with E-state index in [0.717, 1.165) is 37.3 Å². The van der Waals surface area contributed by atoms with E-state index in [1.807, 2.05) is 30.3 Å². The highest BCUT2D eigenvalue weighted by atomic mass is 32.1. The Morgan fingerprint density at radius 3 is 2.70 bits per heavy atom. The van der Waals surface area contributed by atoms with Crippen molar-refractivity contribution in [1.29, 1.82) is 0 Å². The number of ether oxygens (including phenoxy) is 4. The van der Waals surface area contributed by atoms with E-state index < -0.39 is 0 Å². The fraction of sp³-hybridized carbons (Fsp3) is 0.591. The van der Waals surface area contributed by atoms with Crippen LogP contribution < -0.4 is 4.90 Å². The Balaban J connectivity index is 1.45. The van der Waals surface area contributed by atoms with Crippen molar-refractivity contribution in [3.8, 4) is 0 Å². The molecule has 2 fully saturated rings. The van der Waals surface area contributed by atoms with Crippen LogP contribution in [-0.4, -0.2) is 75.6 Å². The van der Waals surface area contributed by atoms with Gasteiger partial charge in [-0.25, -0.2) is 4.79 Å². The van der Waals surface area contributed by atoms with E-state index >= 15 is 0 Å². The summed E-state index contributed by atoms with van der Waals surface area (Å²) in [6, 6.07) is 7.80. The van der Waals surface area contributed by atoms with E-state index in [1.165, 1.54) is 0 Å². The number of anilines is 1. The molecule has 2 heterocycles. The lowest BCUT2D eigenvalue weighted by Crippen LogP contribution is -2.49. The number of amides is 2. The van der Waals surface area contributed by atoms with E-state index in [4.69, 9.17) is 18.9 Å². The number of hydrogen-bond acceptors (Lipinski definition) is 6. The number of hydrogen-bond donors (Lipinski definition) is 1. The quantitative estimate of drug-likeness (QED) is 0.404. The molecule has 1 unspecified atom stereocenters. The first-order valence-electron chi connectivity index (χ1n) is 10.3. The van der Waals surface area contributed by atoms with Gasteiger partial charge in [0.05, 0.1) is 32.0 Å². The molecule has 8 heteroatoms. The molecule has 0 radical (unpaired) electrons. The summed E-state index contributed by atoms with van der Waals surface area (Å²) in [6.07, 6.45) is 5.85. The minimum absolute atomic E-state index is 0.0494. The van der Waals surface area contributed by atoms with Crippen LogP contribution in [0.2, 0.25) is 0 Å². The van der Waals surface area contributed by atoms with Gasteiger partial charge in [-0.2, -0.15) is 0 Å². The number of rotatable bonds is 7. The Hall–Kier alpha value is -1.58. The molecule has 1 aromatic rings. The topological polar surface area (TPSA) is 60.5 Å². The zero-order chi connectivity index (χ0) is 21.4. The SMILES string of the molecule is COC1(/C=C/COCc2ccc(N(C)C(=O)N3CCOC(S)C3)cc2)CCOCC1. The largest absolute Gasteiger partial charge is 0.381 e. The Bertz CT molecular complexity index is 706. The molecule has 2 amide bonds. The summed E-state index contributed by atoms with van der Waals surface area (Å²) in [7, 11) is 3.53. The minimum atomic E-state index is -0.228. The van der Waals surface area contributed by atoms with Crippen LogP contribution in [0.25, 0.3) is 0 Å². The summed E-state index contributed by atoms with van der Waals surface area (Å²) in [5.74, 6) is 0. The van der Waals surface area contributed by atoms with Gasteiger partial charge in [0.1, 0.15) is 5.44 Å². The Morgan fingerprint density at radius 1 is 1.30 bits per heavy atom. The fourth-order valence-corrected chi connectivity index (χ4v) is 3.91. The maximum absolute atomic E-state index is 12.7. The Labute approximate surface area is 184 Å². The normalized spacial score (nSPS) is 21.7. The third-order valence-corrected chi connectivity index (χ3v) is 5.89. The molecule has 2 saturated heterocycles. The van der Waals surface area contributed by atoms with Gasteiger partial charge in [-0.3, -0.25) is 4.90 Å². The summed E-state index contributed by atoms with van der Waals surface area (Å²) in [5, 5.41) is 0. The molecule has 30 heavy (non-hydrogen) atoms. The van der Waals surface area contributed by atoms with E-state index in [1.54, 1.807) is 24.0 Å². The molecule has 0 N–H and O–H groups in total. The summed E-state index contributed by atoms with van der Waals surface area (Å²) in [5.41, 5.74) is 1.44. The van der Waals surface area contributed by atoms with E-state index in [0.29, 0.717) is 32.9 Å². The van der Waals surface area contributed by atoms with Gasteiger partial charge in [0.2, 0.25) is 0 Å². The molecule has 1 aromatic carbocycles. The van der Waals surface area contributed by atoms with Crippen molar-refractivity contribution in [2.45, 2.75) is 30.5 Å². The van der Waals surface area contributed by atoms with Crippen molar-refractivity contribution in [3.05, 3.63) is 42.0 Å². The third-order valence-electron chi connectivity index (χ3n) is 5.58. The highest BCUT2D eigenvalue weighted by molar-refractivity contribution is 7.80. The number of carbonyl (C=O) groups excluding carboxylic acids is 1. The molecule has 7 nitrogen and oxygen atoms in total. The van der Waals surface area contributed by atoms with Crippen LogP contribution in [0.3, 0.4) is 0 Å². The minimum Gasteiger partial charge on any atom is -0.381 e. The molecule has 0 saturated carbocycles. The molecule has 0 spiro atoms. The second kappa shape index (κ2) is 11.2.